The molecule has 0 saturated heterocycles. The number of hydrazine groups is 1. The lowest BCUT2D eigenvalue weighted by Crippen LogP contribution is -2.42. The average molecular weight is 502 g/mol. The van der Waals surface area contributed by atoms with Crippen molar-refractivity contribution in [2.45, 2.75) is 65.2 Å². The van der Waals surface area contributed by atoms with Crippen molar-refractivity contribution in [3.63, 3.8) is 0 Å². The smallest absolute Gasteiger partial charge is 0.269 e. The highest BCUT2D eigenvalue weighted by Gasteiger charge is 2.26. The molecule has 0 aromatic heterocycles. The number of aromatic hydroxyl groups is 1. The van der Waals surface area contributed by atoms with E-state index in [1.807, 2.05) is 0 Å². The number of non-ortho nitro benzene ring substituents is 1. The molecule has 2 aromatic carbocycles. The van der Waals surface area contributed by atoms with Crippen LogP contribution in [-0.2, 0) is 22.0 Å². The molecular formula is C26H35N3O5S. The number of carbonyl (C=O) groups is 2. The standard InChI is InChI=1S/C26H35N3O5S/c1-25(2,3)20-14-17(15-21(23(20)31)26(4,5)6)8-7-13-35-16-22(30)27-28-24(32)18-9-11-19(12-10-18)29(33)34/h9-12,14-15,31H,7-8,13,16H2,1-6H3,(H,27,30)(H,28,32). The van der Waals surface area contributed by atoms with E-state index in [0.29, 0.717) is 5.75 Å². The van der Waals surface area contributed by atoms with Gasteiger partial charge in [-0.25, -0.2) is 0 Å². The zero-order valence-corrected chi connectivity index (χ0v) is 22.0. The quantitative estimate of drug-likeness (QED) is 0.265. The van der Waals surface area contributed by atoms with E-state index in [9.17, 15) is 24.8 Å². The van der Waals surface area contributed by atoms with Crippen molar-refractivity contribution < 1.29 is 19.6 Å². The lowest BCUT2D eigenvalue weighted by atomic mass is 9.78. The van der Waals surface area contributed by atoms with E-state index in [1.54, 1.807) is 0 Å². The van der Waals surface area contributed by atoms with Crippen molar-refractivity contribution in [3.05, 3.63) is 68.8 Å². The average Bonchev–Trinajstić information content (AvgIpc) is 2.76. The van der Waals surface area contributed by atoms with Gasteiger partial charge >= 0.3 is 0 Å². The molecule has 0 fully saturated rings. The summed E-state index contributed by atoms with van der Waals surface area (Å²) in [6.07, 6.45) is 1.70. The molecule has 190 valence electrons. The topological polar surface area (TPSA) is 122 Å². The minimum absolute atomic E-state index is 0.112. The van der Waals surface area contributed by atoms with Gasteiger partial charge in [0.2, 0.25) is 5.91 Å². The van der Waals surface area contributed by atoms with Crippen molar-refractivity contribution in [1.29, 1.82) is 0 Å². The number of phenols is 1. The third-order valence-electron chi connectivity index (χ3n) is 5.43. The number of aryl methyl sites for hydroxylation is 1. The number of carbonyl (C=O) groups excluding carboxylic acids is 2. The molecule has 0 spiro atoms. The molecule has 35 heavy (non-hydrogen) atoms. The Labute approximate surface area is 211 Å². The fraction of sp³-hybridized carbons (Fsp3) is 0.462. The second kappa shape index (κ2) is 11.6. The van der Waals surface area contributed by atoms with Gasteiger partial charge in [0.1, 0.15) is 5.75 Å². The zero-order chi connectivity index (χ0) is 26.4. The number of nitro benzene ring substituents is 1. The van der Waals surface area contributed by atoms with Crippen LogP contribution in [0.5, 0.6) is 5.75 Å². The molecule has 0 aliphatic carbocycles. The lowest BCUT2D eigenvalue weighted by molar-refractivity contribution is -0.384. The molecular weight excluding hydrogens is 466 g/mol. The van der Waals surface area contributed by atoms with Crippen LogP contribution in [0.3, 0.4) is 0 Å². The maximum atomic E-state index is 12.1. The van der Waals surface area contributed by atoms with E-state index in [-0.39, 0.29) is 33.7 Å². The highest BCUT2D eigenvalue weighted by molar-refractivity contribution is 7.99. The molecule has 0 aliphatic rings. The summed E-state index contributed by atoms with van der Waals surface area (Å²) in [4.78, 5) is 34.2. The summed E-state index contributed by atoms with van der Waals surface area (Å²) in [6, 6.07) is 9.28. The monoisotopic (exact) mass is 501 g/mol. The van der Waals surface area contributed by atoms with Crippen LogP contribution >= 0.6 is 11.8 Å². The molecule has 2 rings (SSSR count). The van der Waals surface area contributed by atoms with Crippen molar-refractivity contribution in [1.82, 2.24) is 10.9 Å². The Morgan fingerprint density at radius 2 is 1.51 bits per heavy atom. The second-order valence-corrected chi connectivity index (χ2v) is 11.6. The van der Waals surface area contributed by atoms with Crippen LogP contribution in [0, 0.1) is 10.1 Å². The van der Waals surface area contributed by atoms with Gasteiger partial charge in [0.05, 0.1) is 10.7 Å². The van der Waals surface area contributed by atoms with Gasteiger partial charge in [0.15, 0.2) is 0 Å². The SMILES string of the molecule is CC(C)(C)c1cc(CCCSCC(=O)NNC(=O)c2ccc([N+](=O)[O-])cc2)cc(C(C)(C)C)c1O. The van der Waals surface area contributed by atoms with E-state index in [0.717, 1.165) is 35.3 Å². The van der Waals surface area contributed by atoms with E-state index in [2.05, 4.69) is 64.5 Å². The Bertz CT molecular complexity index is 1030. The zero-order valence-electron chi connectivity index (χ0n) is 21.2. The summed E-state index contributed by atoms with van der Waals surface area (Å²) in [7, 11) is 0. The van der Waals surface area contributed by atoms with Gasteiger partial charge in [-0.3, -0.25) is 30.6 Å². The molecule has 0 unspecified atom stereocenters. The van der Waals surface area contributed by atoms with Crippen LogP contribution < -0.4 is 10.9 Å². The van der Waals surface area contributed by atoms with Crippen molar-refractivity contribution >= 4 is 29.3 Å². The van der Waals surface area contributed by atoms with Crippen LogP contribution in [0.15, 0.2) is 36.4 Å². The van der Waals surface area contributed by atoms with E-state index < -0.39 is 10.8 Å². The lowest BCUT2D eigenvalue weighted by Gasteiger charge is -2.28. The molecule has 0 bridgehead atoms. The van der Waals surface area contributed by atoms with Crippen molar-refractivity contribution in [3.8, 4) is 5.75 Å². The first kappa shape index (κ1) is 28.2. The van der Waals surface area contributed by atoms with Gasteiger partial charge in [-0.05, 0) is 58.2 Å². The van der Waals surface area contributed by atoms with Crippen LogP contribution in [0.2, 0.25) is 0 Å². The summed E-state index contributed by atoms with van der Waals surface area (Å²) >= 11 is 1.47. The molecule has 8 nitrogen and oxygen atoms in total. The summed E-state index contributed by atoms with van der Waals surface area (Å²) in [6.45, 7) is 12.5. The number of thioether (sulfide) groups is 1. The first-order valence-corrected chi connectivity index (χ1v) is 12.6. The molecule has 2 aromatic rings. The van der Waals surface area contributed by atoms with Crippen molar-refractivity contribution in [2.75, 3.05) is 11.5 Å². The number of benzene rings is 2. The Hall–Kier alpha value is -3.07. The minimum atomic E-state index is -0.546. The molecule has 2 amide bonds. The number of amides is 2. The van der Waals surface area contributed by atoms with Crippen molar-refractivity contribution in [2.24, 2.45) is 0 Å². The Balaban J connectivity index is 1.82. The number of hydrogen-bond acceptors (Lipinski definition) is 6. The molecule has 0 heterocycles. The van der Waals surface area contributed by atoms with E-state index in [1.165, 1.54) is 36.0 Å². The molecule has 0 atom stereocenters. The summed E-state index contributed by atoms with van der Waals surface area (Å²) in [5.41, 5.74) is 7.47. The third-order valence-corrected chi connectivity index (χ3v) is 6.47. The Morgan fingerprint density at radius 3 is 2.00 bits per heavy atom. The van der Waals surface area contributed by atoms with Crippen LogP contribution in [0.1, 0.15) is 75.0 Å². The molecule has 0 saturated carbocycles. The third kappa shape index (κ3) is 8.28. The normalized spacial score (nSPS) is 11.7. The number of nitro groups is 1. The highest BCUT2D eigenvalue weighted by Crippen LogP contribution is 2.40. The van der Waals surface area contributed by atoms with E-state index >= 15 is 0 Å². The minimum Gasteiger partial charge on any atom is -0.507 e. The maximum Gasteiger partial charge on any atom is 0.269 e. The number of rotatable bonds is 8. The van der Waals surface area contributed by atoms with Gasteiger partial charge in [0.25, 0.3) is 11.6 Å². The highest BCUT2D eigenvalue weighted by atomic mass is 32.2. The number of hydrogen-bond donors (Lipinski definition) is 3. The fourth-order valence-electron chi connectivity index (χ4n) is 3.49. The summed E-state index contributed by atoms with van der Waals surface area (Å²) in [5.74, 6) is 0.446. The molecule has 0 radical (unpaired) electrons. The van der Waals surface area contributed by atoms with Gasteiger partial charge in [0, 0.05) is 17.7 Å². The summed E-state index contributed by atoms with van der Waals surface area (Å²) < 4.78 is 0. The van der Waals surface area contributed by atoms with Gasteiger partial charge in [-0.1, -0.05) is 53.7 Å². The first-order chi connectivity index (χ1) is 16.2. The maximum absolute atomic E-state index is 12.1. The first-order valence-electron chi connectivity index (χ1n) is 11.5. The predicted octanol–water partition coefficient (Wildman–Crippen LogP) is 5.02. The number of nitrogens with one attached hydrogen (secondary N) is 2. The van der Waals surface area contributed by atoms with Crippen LogP contribution in [-0.4, -0.2) is 33.3 Å². The van der Waals surface area contributed by atoms with Crippen LogP contribution in [0.4, 0.5) is 5.69 Å². The van der Waals surface area contributed by atoms with Gasteiger partial charge < -0.3 is 5.11 Å². The van der Waals surface area contributed by atoms with Gasteiger partial charge in [-0.2, -0.15) is 11.8 Å². The number of phenolic OH excluding ortho intramolecular Hbond substituents is 1. The Morgan fingerprint density at radius 1 is 0.971 bits per heavy atom. The largest absolute Gasteiger partial charge is 0.507 e. The van der Waals surface area contributed by atoms with Crippen LogP contribution in [0.25, 0.3) is 0 Å². The van der Waals surface area contributed by atoms with E-state index in [4.69, 9.17) is 0 Å². The Kier molecular flexibility index (Phi) is 9.31. The predicted molar refractivity (Wildman–Crippen MR) is 140 cm³/mol. The van der Waals surface area contributed by atoms with Gasteiger partial charge in [-0.15, -0.1) is 0 Å². The molecule has 9 heteroatoms. The fourth-order valence-corrected chi connectivity index (χ4v) is 4.24. The molecule has 3 N–H and O–H groups in total. The second-order valence-electron chi connectivity index (χ2n) is 10.5. The summed E-state index contributed by atoms with van der Waals surface area (Å²) in [5, 5.41) is 21.5. The number of nitrogens with zero attached hydrogens (tertiary/aromatic N) is 1. The molecule has 0 aliphatic heterocycles.